The molecule has 0 fully saturated rings. The van der Waals surface area contributed by atoms with E-state index in [0.29, 0.717) is 23.2 Å². The van der Waals surface area contributed by atoms with Gasteiger partial charge in [0.1, 0.15) is 6.04 Å². The van der Waals surface area contributed by atoms with Crippen LogP contribution in [0.15, 0.2) is 60.1 Å². The summed E-state index contributed by atoms with van der Waals surface area (Å²) in [4.78, 5) is 21.5. The molecule has 7 heteroatoms. The van der Waals surface area contributed by atoms with Crippen molar-refractivity contribution in [2.75, 3.05) is 5.32 Å². The summed E-state index contributed by atoms with van der Waals surface area (Å²) in [5, 5.41) is 8.69. The first-order valence-corrected chi connectivity index (χ1v) is 9.24. The van der Waals surface area contributed by atoms with Gasteiger partial charge in [0.15, 0.2) is 11.6 Å². The lowest BCUT2D eigenvalue weighted by Crippen LogP contribution is -2.31. The minimum atomic E-state index is -0.299. The molecule has 0 amide bonds. The number of ketones is 1. The van der Waals surface area contributed by atoms with E-state index in [4.69, 9.17) is 16.7 Å². The summed E-state index contributed by atoms with van der Waals surface area (Å²) in [5.74, 6) is 1.38. The lowest BCUT2D eigenvalue weighted by atomic mass is 9.86. The van der Waals surface area contributed by atoms with Crippen molar-refractivity contribution in [1.82, 2.24) is 19.7 Å². The third kappa shape index (κ3) is 2.73. The van der Waals surface area contributed by atoms with Crippen molar-refractivity contribution >= 4 is 23.3 Å². The fourth-order valence-corrected chi connectivity index (χ4v) is 3.95. The standard InChI is InChI=1S/C20H16ClN5O/c21-14-4-1-3-13(11-14)19-24-20-23-15-5-2-6-16(27)17(15)18(26(20)25-19)12-7-9-22-10-8-12/h1,3-4,7-11,18H,2,5-6H2,(H,23,24,25)/t18-/m1/s1. The molecule has 1 N–H and O–H groups in total. The van der Waals surface area contributed by atoms with Crippen molar-refractivity contribution in [3.8, 4) is 11.4 Å². The number of benzene rings is 1. The maximum atomic E-state index is 12.8. The summed E-state index contributed by atoms with van der Waals surface area (Å²) >= 11 is 6.13. The number of Topliss-reactive ketones (excluding diaryl/α,β-unsaturated/α-hetero) is 1. The number of halogens is 1. The number of rotatable bonds is 2. The van der Waals surface area contributed by atoms with E-state index >= 15 is 0 Å². The summed E-state index contributed by atoms with van der Waals surface area (Å²) < 4.78 is 1.80. The first kappa shape index (κ1) is 16.2. The lowest BCUT2D eigenvalue weighted by molar-refractivity contribution is -0.116. The summed E-state index contributed by atoms with van der Waals surface area (Å²) in [6.07, 6.45) is 5.72. The second kappa shape index (κ2) is 6.32. The van der Waals surface area contributed by atoms with Gasteiger partial charge in [-0.25, -0.2) is 4.68 Å². The predicted molar refractivity (Wildman–Crippen MR) is 102 cm³/mol. The van der Waals surface area contributed by atoms with E-state index in [2.05, 4.69) is 15.3 Å². The van der Waals surface area contributed by atoms with Crippen LogP contribution in [0.2, 0.25) is 5.02 Å². The molecule has 0 radical (unpaired) electrons. The van der Waals surface area contributed by atoms with Crippen LogP contribution >= 0.6 is 11.6 Å². The fourth-order valence-electron chi connectivity index (χ4n) is 3.76. The summed E-state index contributed by atoms with van der Waals surface area (Å²) in [6.45, 7) is 0. The molecule has 3 heterocycles. The number of carbonyl (C=O) groups is 1. The first-order chi connectivity index (χ1) is 13.2. The van der Waals surface area contributed by atoms with Crippen LogP contribution in [0, 0.1) is 0 Å². The van der Waals surface area contributed by atoms with E-state index in [-0.39, 0.29) is 11.8 Å². The molecule has 3 aromatic rings. The minimum Gasteiger partial charge on any atom is -0.328 e. The van der Waals surface area contributed by atoms with Gasteiger partial charge >= 0.3 is 0 Å². The number of allylic oxidation sites excluding steroid dienone is 2. The molecule has 5 rings (SSSR count). The predicted octanol–water partition coefficient (Wildman–Crippen LogP) is 4.02. The Labute approximate surface area is 160 Å². The number of nitrogens with zero attached hydrogens (tertiary/aromatic N) is 4. The van der Waals surface area contributed by atoms with Crippen LogP contribution in [0.3, 0.4) is 0 Å². The molecule has 1 aliphatic heterocycles. The average Bonchev–Trinajstić information content (AvgIpc) is 3.11. The van der Waals surface area contributed by atoms with Crippen molar-refractivity contribution in [2.45, 2.75) is 25.3 Å². The zero-order chi connectivity index (χ0) is 18.4. The minimum absolute atomic E-state index is 0.163. The van der Waals surface area contributed by atoms with Gasteiger partial charge in [0, 0.05) is 40.7 Å². The smallest absolute Gasteiger partial charge is 0.226 e. The fraction of sp³-hybridized carbons (Fsp3) is 0.200. The second-order valence-electron chi connectivity index (χ2n) is 6.69. The normalized spacial score (nSPS) is 18.7. The van der Waals surface area contributed by atoms with Crippen molar-refractivity contribution in [3.05, 3.63) is 70.6 Å². The third-order valence-corrected chi connectivity index (χ3v) is 5.21. The third-order valence-electron chi connectivity index (χ3n) is 4.97. The van der Waals surface area contributed by atoms with Gasteiger partial charge in [-0.1, -0.05) is 23.7 Å². The number of hydrogen-bond acceptors (Lipinski definition) is 5. The van der Waals surface area contributed by atoms with E-state index in [9.17, 15) is 4.79 Å². The number of nitrogens with one attached hydrogen (secondary N) is 1. The number of fused-ring (bicyclic) bond motifs is 1. The summed E-state index contributed by atoms with van der Waals surface area (Å²) in [6, 6.07) is 11.0. The molecule has 6 nitrogen and oxygen atoms in total. The van der Waals surface area contributed by atoms with Crippen LogP contribution < -0.4 is 5.32 Å². The molecule has 2 aromatic heterocycles. The maximum Gasteiger partial charge on any atom is 0.226 e. The van der Waals surface area contributed by atoms with Crippen molar-refractivity contribution in [3.63, 3.8) is 0 Å². The monoisotopic (exact) mass is 377 g/mol. The topological polar surface area (TPSA) is 72.7 Å². The Kier molecular flexibility index (Phi) is 3.79. The molecular weight excluding hydrogens is 362 g/mol. The number of pyridine rings is 1. The van der Waals surface area contributed by atoms with Crippen molar-refractivity contribution in [2.24, 2.45) is 0 Å². The second-order valence-corrected chi connectivity index (χ2v) is 7.13. The highest BCUT2D eigenvalue weighted by atomic mass is 35.5. The largest absolute Gasteiger partial charge is 0.328 e. The molecule has 134 valence electrons. The number of aromatic nitrogens is 4. The van der Waals surface area contributed by atoms with E-state index in [1.165, 1.54) is 0 Å². The van der Waals surface area contributed by atoms with E-state index in [0.717, 1.165) is 35.2 Å². The summed E-state index contributed by atoms with van der Waals surface area (Å²) in [5.41, 5.74) is 3.54. The lowest BCUT2D eigenvalue weighted by Gasteiger charge is -2.32. The van der Waals surface area contributed by atoms with Gasteiger partial charge < -0.3 is 5.32 Å². The maximum absolute atomic E-state index is 12.8. The van der Waals surface area contributed by atoms with Crippen molar-refractivity contribution < 1.29 is 4.79 Å². The SMILES string of the molecule is O=C1CCCC2=C1[C@@H](c1ccncc1)n1nc(-c3cccc(Cl)c3)nc1N2. The number of carbonyl (C=O) groups excluding carboxylic acids is 1. The molecule has 1 aromatic carbocycles. The van der Waals surface area contributed by atoms with Crippen LogP contribution in [0.25, 0.3) is 11.4 Å². The van der Waals surface area contributed by atoms with Gasteiger partial charge in [0.05, 0.1) is 0 Å². The highest BCUT2D eigenvalue weighted by Crippen LogP contribution is 2.40. The van der Waals surface area contributed by atoms with Gasteiger partial charge in [0.2, 0.25) is 5.95 Å². The Morgan fingerprint density at radius 1 is 1.15 bits per heavy atom. The Morgan fingerprint density at radius 3 is 2.81 bits per heavy atom. The van der Waals surface area contributed by atoms with Crippen LogP contribution in [-0.2, 0) is 4.79 Å². The number of anilines is 1. The van der Waals surface area contributed by atoms with Crippen LogP contribution in [-0.4, -0.2) is 25.5 Å². The van der Waals surface area contributed by atoms with Crippen LogP contribution in [0.1, 0.15) is 30.9 Å². The molecule has 0 saturated carbocycles. The zero-order valence-electron chi connectivity index (χ0n) is 14.4. The molecule has 0 spiro atoms. The molecular formula is C20H16ClN5O. The van der Waals surface area contributed by atoms with Crippen molar-refractivity contribution in [1.29, 1.82) is 0 Å². The number of hydrogen-bond donors (Lipinski definition) is 1. The van der Waals surface area contributed by atoms with Crippen LogP contribution in [0.4, 0.5) is 5.95 Å². The van der Waals surface area contributed by atoms with Gasteiger partial charge in [-0.15, -0.1) is 5.10 Å². The Morgan fingerprint density at radius 2 is 2.00 bits per heavy atom. The van der Waals surface area contributed by atoms with E-state index in [1.807, 2.05) is 36.4 Å². The summed E-state index contributed by atoms with van der Waals surface area (Å²) in [7, 11) is 0. The highest BCUT2D eigenvalue weighted by molar-refractivity contribution is 6.30. The van der Waals surface area contributed by atoms with E-state index in [1.54, 1.807) is 17.1 Å². The molecule has 0 saturated heterocycles. The Balaban J connectivity index is 1.68. The molecule has 2 aliphatic rings. The average molecular weight is 378 g/mol. The highest BCUT2D eigenvalue weighted by Gasteiger charge is 2.36. The molecule has 0 unspecified atom stereocenters. The molecule has 1 atom stereocenters. The van der Waals surface area contributed by atoms with E-state index < -0.39 is 0 Å². The van der Waals surface area contributed by atoms with Crippen LogP contribution in [0.5, 0.6) is 0 Å². The zero-order valence-corrected chi connectivity index (χ0v) is 15.1. The van der Waals surface area contributed by atoms with Gasteiger partial charge in [0.25, 0.3) is 0 Å². The molecule has 1 aliphatic carbocycles. The molecule has 27 heavy (non-hydrogen) atoms. The Bertz CT molecular complexity index is 1070. The Hall–Kier alpha value is -2.99. The van der Waals surface area contributed by atoms with Gasteiger partial charge in [-0.2, -0.15) is 4.98 Å². The molecule has 0 bridgehead atoms. The van der Waals surface area contributed by atoms with Gasteiger partial charge in [-0.05, 0) is 42.7 Å². The first-order valence-electron chi connectivity index (χ1n) is 8.86. The van der Waals surface area contributed by atoms with Gasteiger partial charge in [-0.3, -0.25) is 9.78 Å². The quantitative estimate of drug-likeness (QED) is 0.730.